The first-order chi connectivity index (χ1) is 21.2. The lowest BCUT2D eigenvalue weighted by Gasteiger charge is -2.47. The zero-order valence-corrected chi connectivity index (χ0v) is 25.5. The monoisotopic (exact) mass is 595 g/mol. The maximum Gasteiger partial charge on any atom is 0.275 e. The molecule has 0 radical (unpaired) electrons. The van der Waals surface area contributed by atoms with Crippen LogP contribution in [0.2, 0.25) is 0 Å². The smallest absolute Gasteiger partial charge is 0.275 e. The van der Waals surface area contributed by atoms with Crippen LogP contribution in [0, 0.1) is 11.8 Å². The summed E-state index contributed by atoms with van der Waals surface area (Å²) in [4.78, 5) is 34.4. The normalized spacial score (nSPS) is 22.5. The maximum absolute atomic E-state index is 14.4. The number of amidine groups is 1. The molecule has 10 nitrogen and oxygen atoms in total. The topological polar surface area (TPSA) is 147 Å². The van der Waals surface area contributed by atoms with Gasteiger partial charge in [0, 0.05) is 11.1 Å². The molecule has 230 valence electrons. The fourth-order valence-corrected chi connectivity index (χ4v) is 6.70. The molecule has 1 aliphatic heterocycles. The first-order valence-corrected chi connectivity index (χ1v) is 15.2. The minimum absolute atomic E-state index is 0.0585. The van der Waals surface area contributed by atoms with Gasteiger partial charge >= 0.3 is 0 Å². The Bertz CT molecular complexity index is 1510. The third-order valence-corrected chi connectivity index (χ3v) is 8.35. The van der Waals surface area contributed by atoms with Crippen LogP contribution in [0.3, 0.4) is 0 Å². The first kappa shape index (κ1) is 30.7. The highest BCUT2D eigenvalue weighted by atomic mass is 16.5. The van der Waals surface area contributed by atoms with Gasteiger partial charge in [-0.2, -0.15) is 5.10 Å². The van der Waals surface area contributed by atoms with E-state index in [1.807, 2.05) is 71.6 Å². The predicted octanol–water partition coefficient (Wildman–Crippen LogP) is 4.88. The molecule has 6 N–H and O–H groups in total. The summed E-state index contributed by atoms with van der Waals surface area (Å²) < 4.78 is 5.98. The summed E-state index contributed by atoms with van der Waals surface area (Å²) in [6, 6.07) is 24.4. The van der Waals surface area contributed by atoms with Crippen molar-refractivity contribution < 1.29 is 14.3 Å². The molecule has 1 aliphatic carbocycles. The Balaban J connectivity index is 1.42. The molecule has 0 bridgehead atoms. The number of carbonyl (C=O) groups is 2. The Morgan fingerprint density at radius 2 is 1.66 bits per heavy atom. The number of aliphatic imine (C=N–C) groups is 1. The van der Waals surface area contributed by atoms with Crippen LogP contribution in [0.25, 0.3) is 0 Å². The number of nitrogens with zero attached hydrogens (tertiary/aromatic N) is 3. The van der Waals surface area contributed by atoms with Gasteiger partial charge in [0.1, 0.15) is 28.7 Å². The molecule has 10 heteroatoms. The van der Waals surface area contributed by atoms with Crippen LogP contribution in [0.15, 0.2) is 89.0 Å². The molecule has 3 aromatic rings. The number of nitrogens with one attached hydrogen (secondary N) is 2. The highest BCUT2D eigenvalue weighted by Crippen LogP contribution is 2.48. The Morgan fingerprint density at radius 3 is 2.27 bits per heavy atom. The summed E-state index contributed by atoms with van der Waals surface area (Å²) in [6.07, 6.45) is 3.42. The standard InChI is InChI=1S/C34H41N7O3/c1-4-29(24-10-12-26(13-11-24)32(42)37-21-30(35)39-40-36)41-33(43)31(38-34(41)19-22(2)18-23(3)20-34)25-14-16-28(17-15-25)44-27-8-6-5-7-9-27/h5-17,22-23,29,40H,4,18-21,36H2,1-3H3,(H2,35,39)(H,37,42). The van der Waals surface area contributed by atoms with E-state index in [0.717, 1.165) is 36.1 Å². The molecule has 1 spiro atoms. The van der Waals surface area contributed by atoms with Crippen LogP contribution in [0.5, 0.6) is 11.5 Å². The molecule has 44 heavy (non-hydrogen) atoms. The molecule has 1 heterocycles. The van der Waals surface area contributed by atoms with Gasteiger partial charge in [-0.05, 0) is 91.6 Å². The lowest BCUT2D eigenvalue weighted by atomic mass is 9.75. The van der Waals surface area contributed by atoms with Crippen molar-refractivity contribution in [1.82, 2.24) is 15.8 Å². The highest BCUT2D eigenvalue weighted by molar-refractivity contribution is 6.46. The zero-order chi connectivity index (χ0) is 31.3. The average Bonchev–Trinajstić information content (AvgIpc) is 3.27. The molecule has 0 aromatic heterocycles. The van der Waals surface area contributed by atoms with E-state index in [-0.39, 0.29) is 30.2 Å². The molecule has 3 aromatic carbocycles. The molecule has 2 aliphatic rings. The minimum atomic E-state index is -0.632. The summed E-state index contributed by atoms with van der Waals surface area (Å²) in [5, 5.41) is 6.37. The van der Waals surface area contributed by atoms with Crippen LogP contribution in [0.1, 0.15) is 74.0 Å². The number of para-hydroxylation sites is 1. The maximum atomic E-state index is 14.4. The summed E-state index contributed by atoms with van der Waals surface area (Å²) >= 11 is 0. The molecule has 5 rings (SSSR count). The predicted molar refractivity (Wildman–Crippen MR) is 172 cm³/mol. The van der Waals surface area contributed by atoms with E-state index < -0.39 is 5.66 Å². The Hall–Kier alpha value is -4.70. The van der Waals surface area contributed by atoms with E-state index >= 15 is 0 Å². The van der Waals surface area contributed by atoms with E-state index in [1.54, 1.807) is 12.1 Å². The van der Waals surface area contributed by atoms with Crippen LogP contribution in [0.4, 0.5) is 0 Å². The summed E-state index contributed by atoms with van der Waals surface area (Å²) in [7, 11) is 0. The van der Waals surface area contributed by atoms with Crippen molar-refractivity contribution in [3.63, 3.8) is 0 Å². The second-order valence-corrected chi connectivity index (χ2v) is 11.9. The third-order valence-electron chi connectivity index (χ3n) is 8.35. The SMILES string of the molecule is CCC(c1ccc(C(=O)NCC(N)=NNN)cc1)N1C(=O)C(c2ccc(Oc3ccccc3)cc2)=NC12CC(C)CC(C)C2. The van der Waals surface area contributed by atoms with Crippen LogP contribution in [-0.4, -0.2) is 40.5 Å². The zero-order valence-electron chi connectivity index (χ0n) is 25.5. The van der Waals surface area contributed by atoms with Gasteiger partial charge in [-0.25, -0.2) is 11.4 Å². The van der Waals surface area contributed by atoms with Gasteiger partial charge in [0.25, 0.3) is 11.8 Å². The van der Waals surface area contributed by atoms with E-state index in [1.165, 1.54) is 0 Å². The van der Waals surface area contributed by atoms with E-state index in [2.05, 4.69) is 36.7 Å². The molecule has 1 saturated carbocycles. The van der Waals surface area contributed by atoms with Crippen LogP contribution >= 0.6 is 0 Å². The fourth-order valence-electron chi connectivity index (χ4n) is 6.70. The average molecular weight is 596 g/mol. The van der Waals surface area contributed by atoms with E-state index in [0.29, 0.717) is 35.3 Å². The number of hydrogen-bond acceptors (Lipinski definition) is 7. The second-order valence-electron chi connectivity index (χ2n) is 11.9. The number of carbonyl (C=O) groups excluding carboxylic acids is 2. The van der Waals surface area contributed by atoms with Gasteiger partial charge in [0.05, 0.1) is 12.6 Å². The van der Waals surface area contributed by atoms with Gasteiger partial charge in [-0.3, -0.25) is 14.6 Å². The fraction of sp³-hybridized carbons (Fsp3) is 0.353. The molecule has 3 atom stereocenters. The van der Waals surface area contributed by atoms with Crippen molar-refractivity contribution >= 4 is 23.4 Å². The second kappa shape index (κ2) is 13.3. The van der Waals surface area contributed by atoms with Crippen molar-refractivity contribution in [3.05, 3.63) is 95.6 Å². The Morgan fingerprint density at radius 1 is 1.02 bits per heavy atom. The Labute approximate surface area is 258 Å². The number of hydrazone groups is 1. The number of benzene rings is 3. The molecule has 2 amide bonds. The van der Waals surface area contributed by atoms with Crippen molar-refractivity contribution in [2.24, 2.45) is 33.5 Å². The van der Waals surface area contributed by atoms with Gasteiger partial charge < -0.3 is 20.7 Å². The van der Waals surface area contributed by atoms with Crippen molar-refractivity contribution in [1.29, 1.82) is 0 Å². The summed E-state index contributed by atoms with van der Waals surface area (Å²) in [5.74, 6) is 7.23. The van der Waals surface area contributed by atoms with Crippen LogP contribution < -0.4 is 27.2 Å². The van der Waals surface area contributed by atoms with Crippen molar-refractivity contribution in [2.75, 3.05) is 6.54 Å². The number of amides is 2. The molecule has 0 saturated heterocycles. The molecule has 3 unspecified atom stereocenters. The summed E-state index contributed by atoms with van der Waals surface area (Å²) in [5.41, 5.74) is 9.87. The lowest BCUT2D eigenvalue weighted by molar-refractivity contribution is -0.134. The van der Waals surface area contributed by atoms with Crippen molar-refractivity contribution in [3.8, 4) is 11.5 Å². The number of hydrogen-bond donors (Lipinski definition) is 4. The molecular formula is C34H41N7O3. The van der Waals surface area contributed by atoms with E-state index in [4.69, 9.17) is 21.3 Å². The Kier molecular flexibility index (Phi) is 9.29. The van der Waals surface area contributed by atoms with Crippen LogP contribution in [-0.2, 0) is 4.79 Å². The third kappa shape index (κ3) is 6.60. The highest BCUT2D eigenvalue weighted by Gasteiger charge is 2.52. The quantitative estimate of drug-likeness (QED) is 0.114. The van der Waals surface area contributed by atoms with Crippen molar-refractivity contribution in [2.45, 2.75) is 58.2 Å². The summed E-state index contributed by atoms with van der Waals surface area (Å²) in [6.45, 7) is 6.64. The first-order valence-electron chi connectivity index (χ1n) is 15.2. The lowest BCUT2D eigenvalue weighted by Crippen LogP contribution is -2.52. The van der Waals surface area contributed by atoms with Gasteiger partial charge in [-0.1, -0.05) is 51.1 Å². The number of ether oxygens (including phenoxy) is 1. The number of hydrazine groups is 1. The molecular weight excluding hydrogens is 554 g/mol. The largest absolute Gasteiger partial charge is 0.457 e. The number of rotatable bonds is 10. The molecule has 1 fully saturated rings. The van der Waals surface area contributed by atoms with Gasteiger partial charge in [0.15, 0.2) is 0 Å². The number of nitrogens with two attached hydrogens (primary N) is 2. The van der Waals surface area contributed by atoms with Gasteiger partial charge in [-0.15, -0.1) is 0 Å². The minimum Gasteiger partial charge on any atom is -0.457 e. The van der Waals surface area contributed by atoms with Gasteiger partial charge in [0.2, 0.25) is 0 Å². The van der Waals surface area contributed by atoms with E-state index in [9.17, 15) is 9.59 Å².